The van der Waals surface area contributed by atoms with Crippen LogP contribution in [-0.4, -0.2) is 11.1 Å². The molecule has 3 unspecified atom stereocenters. The van der Waals surface area contributed by atoms with E-state index in [1.54, 1.807) is 0 Å². The molecule has 0 saturated heterocycles. The van der Waals surface area contributed by atoms with Gasteiger partial charge in [0.1, 0.15) is 0 Å². The summed E-state index contributed by atoms with van der Waals surface area (Å²) in [6.45, 7) is 10.7. The molecule has 0 radical (unpaired) electrons. The summed E-state index contributed by atoms with van der Waals surface area (Å²) in [7, 11) is 0. The minimum absolute atomic E-state index is 0.171. The van der Waals surface area contributed by atoms with Crippen LogP contribution in [0.4, 0.5) is 0 Å². The highest BCUT2D eigenvalue weighted by atomic mass is 16.4. The predicted molar refractivity (Wildman–Crippen MR) is 73.1 cm³/mol. The van der Waals surface area contributed by atoms with E-state index >= 15 is 0 Å². The fourth-order valence-corrected chi connectivity index (χ4v) is 2.49. The molecule has 0 spiro atoms. The molecule has 0 aliphatic carbocycles. The highest BCUT2D eigenvalue weighted by Gasteiger charge is 2.25. The van der Waals surface area contributed by atoms with Gasteiger partial charge in [-0.2, -0.15) is 0 Å². The largest absolute Gasteiger partial charge is 0.481 e. The second-order valence-electron chi connectivity index (χ2n) is 5.83. The van der Waals surface area contributed by atoms with Crippen LogP contribution in [0.1, 0.15) is 66.7 Å². The van der Waals surface area contributed by atoms with Gasteiger partial charge in [0.2, 0.25) is 0 Å². The Morgan fingerprint density at radius 1 is 1.12 bits per heavy atom. The van der Waals surface area contributed by atoms with Gasteiger partial charge in [0.05, 0.1) is 5.92 Å². The van der Waals surface area contributed by atoms with Crippen LogP contribution in [0.2, 0.25) is 0 Å². The van der Waals surface area contributed by atoms with Crippen molar-refractivity contribution >= 4 is 5.97 Å². The Kier molecular flexibility index (Phi) is 8.28. The van der Waals surface area contributed by atoms with Gasteiger partial charge >= 0.3 is 5.97 Å². The lowest BCUT2D eigenvalue weighted by Crippen LogP contribution is -2.23. The van der Waals surface area contributed by atoms with Crippen molar-refractivity contribution in [3.63, 3.8) is 0 Å². The summed E-state index contributed by atoms with van der Waals surface area (Å²) in [6, 6.07) is 0. The van der Waals surface area contributed by atoms with Crippen molar-refractivity contribution in [3.05, 3.63) is 0 Å². The Morgan fingerprint density at radius 2 is 1.71 bits per heavy atom. The Bertz CT molecular complexity index is 211. The second kappa shape index (κ2) is 8.54. The molecule has 0 aliphatic heterocycles. The van der Waals surface area contributed by atoms with Crippen molar-refractivity contribution < 1.29 is 9.90 Å². The van der Waals surface area contributed by atoms with Crippen LogP contribution in [0.25, 0.3) is 0 Å². The molecule has 1 N–H and O–H groups in total. The average molecular weight is 242 g/mol. The molecule has 0 aromatic heterocycles. The van der Waals surface area contributed by atoms with Gasteiger partial charge in [-0.15, -0.1) is 0 Å². The van der Waals surface area contributed by atoms with Gasteiger partial charge in [-0.1, -0.05) is 53.9 Å². The van der Waals surface area contributed by atoms with Gasteiger partial charge in [-0.05, 0) is 30.6 Å². The van der Waals surface area contributed by atoms with Crippen molar-refractivity contribution in [2.45, 2.75) is 66.7 Å². The first-order chi connectivity index (χ1) is 7.92. The number of carbonyl (C=O) groups is 1. The molecule has 0 saturated carbocycles. The van der Waals surface area contributed by atoms with Crippen LogP contribution in [-0.2, 0) is 4.79 Å². The average Bonchev–Trinajstić information content (AvgIpc) is 2.24. The number of hydrogen-bond acceptors (Lipinski definition) is 1. The topological polar surface area (TPSA) is 37.3 Å². The van der Waals surface area contributed by atoms with Crippen LogP contribution >= 0.6 is 0 Å². The van der Waals surface area contributed by atoms with E-state index in [4.69, 9.17) is 0 Å². The monoisotopic (exact) mass is 242 g/mol. The molecular formula is C15H30O2. The normalized spacial score (nSPS) is 16.8. The van der Waals surface area contributed by atoms with E-state index in [9.17, 15) is 9.90 Å². The van der Waals surface area contributed by atoms with Gasteiger partial charge in [0, 0.05) is 0 Å². The number of carboxylic acid groups (broad SMARTS) is 1. The van der Waals surface area contributed by atoms with Gasteiger partial charge in [0.25, 0.3) is 0 Å². The molecule has 17 heavy (non-hydrogen) atoms. The lowest BCUT2D eigenvalue weighted by Gasteiger charge is -2.25. The van der Waals surface area contributed by atoms with Gasteiger partial charge in [-0.25, -0.2) is 0 Å². The molecule has 3 atom stereocenters. The van der Waals surface area contributed by atoms with Crippen molar-refractivity contribution in [1.29, 1.82) is 0 Å². The molecule has 0 amide bonds. The molecule has 0 aliphatic rings. The second-order valence-corrected chi connectivity index (χ2v) is 5.83. The number of hydrogen-bond donors (Lipinski definition) is 1. The number of rotatable bonds is 9. The minimum atomic E-state index is -0.620. The summed E-state index contributed by atoms with van der Waals surface area (Å²) in [5.41, 5.74) is 0. The maximum atomic E-state index is 11.2. The van der Waals surface area contributed by atoms with Gasteiger partial charge in [-0.3, -0.25) is 4.79 Å². The predicted octanol–water partition coefficient (Wildman–Crippen LogP) is 4.59. The van der Waals surface area contributed by atoms with Crippen LogP contribution < -0.4 is 0 Å². The molecule has 102 valence electrons. The molecule has 0 heterocycles. The molecule has 0 bridgehead atoms. The van der Waals surface area contributed by atoms with E-state index < -0.39 is 5.97 Å². The summed E-state index contributed by atoms with van der Waals surface area (Å²) >= 11 is 0. The highest BCUT2D eigenvalue weighted by molar-refractivity contribution is 5.70. The third-order valence-electron chi connectivity index (χ3n) is 3.84. The molecule has 0 aromatic carbocycles. The van der Waals surface area contributed by atoms with E-state index in [1.807, 2.05) is 13.8 Å². The van der Waals surface area contributed by atoms with Crippen molar-refractivity contribution in [2.24, 2.45) is 23.7 Å². The molecule has 2 heteroatoms. The summed E-state index contributed by atoms with van der Waals surface area (Å²) < 4.78 is 0. The zero-order valence-corrected chi connectivity index (χ0v) is 12.2. The van der Waals surface area contributed by atoms with E-state index in [2.05, 4.69) is 20.8 Å². The summed E-state index contributed by atoms with van der Waals surface area (Å²) in [6.07, 6.45) is 5.55. The fourth-order valence-electron chi connectivity index (χ4n) is 2.49. The van der Waals surface area contributed by atoms with Gasteiger partial charge in [0.15, 0.2) is 0 Å². The summed E-state index contributed by atoms with van der Waals surface area (Å²) in [4.78, 5) is 11.2. The zero-order chi connectivity index (χ0) is 13.4. The minimum Gasteiger partial charge on any atom is -0.481 e. The lowest BCUT2D eigenvalue weighted by molar-refractivity contribution is -0.144. The Balaban J connectivity index is 4.43. The third-order valence-corrected chi connectivity index (χ3v) is 3.84. The Morgan fingerprint density at radius 3 is 2.06 bits per heavy atom. The lowest BCUT2D eigenvalue weighted by atomic mass is 9.80. The first-order valence-electron chi connectivity index (χ1n) is 7.15. The van der Waals surface area contributed by atoms with Crippen molar-refractivity contribution in [2.75, 3.05) is 0 Å². The molecule has 2 nitrogen and oxygen atoms in total. The van der Waals surface area contributed by atoms with Crippen LogP contribution in [0.5, 0.6) is 0 Å². The molecule has 0 aromatic rings. The Hall–Kier alpha value is -0.530. The number of aliphatic carboxylic acids is 1. The number of carboxylic acids is 1. The molecular weight excluding hydrogens is 212 g/mol. The zero-order valence-electron chi connectivity index (χ0n) is 12.2. The maximum absolute atomic E-state index is 11.2. The standard InChI is InChI=1S/C15H30O2/c1-6-8-13(9-12(5)7-2)10-14(11(3)4)15(16)17/h11-14H,6-10H2,1-5H3,(H,16,17). The summed E-state index contributed by atoms with van der Waals surface area (Å²) in [5.74, 6) is 0.747. The van der Waals surface area contributed by atoms with E-state index in [-0.39, 0.29) is 11.8 Å². The third kappa shape index (κ3) is 6.70. The first-order valence-corrected chi connectivity index (χ1v) is 7.15. The van der Waals surface area contributed by atoms with E-state index in [0.29, 0.717) is 11.8 Å². The van der Waals surface area contributed by atoms with Crippen LogP contribution in [0.15, 0.2) is 0 Å². The molecule has 0 fully saturated rings. The van der Waals surface area contributed by atoms with Crippen LogP contribution in [0.3, 0.4) is 0 Å². The smallest absolute Gasteiger partial charge is 0.306 e. The van der Waals surface area contributed by atoms with E-state index in [1.165, 1.54) is 19.3 Å². The fraction of sp³-hybridized carbons (Fsp3) is 0.933. The Labute approximate surface area is 107 Å². The summed E-state index contributed by atoms with van der Waals surface area (Å²) in [5, 5.41) is 9.25. The quantitative estimate of drug-likeness (QED) is 0.642. The van der Waals surface area contributed by atoms with Gasteiger partial charge < -0.3 is 5.11 Å². The van der Waals surface area contributed by atoms with Crippen molar-refractivity contribution in [1.82, 2.24) is 0 Å². The highest BCUT2D eigenvalue weighted by Crippen LogP contribution is 2.29. The van der Waals surface area contributed by atoms with E-state index in [0.717, 1.165) is 12.8 Å². The molecule has 0 rings (SSSR count). The van der Waals surface area contributed by atoms with Crippen LogP contribution in [0, 0.1) is 23.7 Å². The first kappa shape index (κ1) is 16.5. The maximum Gasteiger partial charge on any atom is 0.306 e. The SMILES string of the molecule is CCCC(CC(C)CC)CC(C(=O)O)C(C)C. The van der Waals surface area contributed by atoms with Crippen molar-refractivity contribution in [3.8, 4) is 0 Å².